The van der Waals surface area contributed by atoms with E-state index in [1.165, 1.54) is 0 Å². The van der Waals surface area contributed by atoms with Gasteiger partial charge < -0.3 is 25.6 Å². The molecule has 0 spiro atoms. The standard InChI is InChI=1S/C12H12N2O5/c15-8(16)6-19-12-9(11(18)14-12)13-10(17)7-4-2-1-3-5-7/h1-6,9,12,15-16H,(H,13,17)(H,14,18)/t9-,12+/m0/s1. The second-order valence-corrected chi connectivity index (χ2v) is 3.86. The largest absolute Gasteiger partial charge is 0.479 e. The molecule has 1 saturated heterocycles. The molecule has 7 nitrogen and oxygen atoms in total. The molecule has 0 aromatic heterocycles. The first kappa shape index (κ1) is 12.7. The fraction of sp³-hybridized carbons (Fsp3) is 0.167. The van der Waals surface area contributed by atoms with E-state index in [4.69, 9.17) is 14.9 Å². The summed E-state index contributed by atoms with van der Waals surface area (Å²) < 4.78 is 4.85. The molecule has 1 aromatic carbocycles. The van der Waals surface area contributed by atoms with Crippen LogP contribution in [0.4, 0.5) is 0 Å². The first-order valence-electron chi connectivity index (χ1n) is 5.48. The fourth-order valence-electron chi connectivity index (χ4n) is 1.56. The molecule has 100 valence electrons. The Kier molecular flexibility index (Phi) is 3.56. The smallest absolute Gasteiger partial charge is 0.310 e. The van der Waals surface area contributed by atoms with Crippen LogP contribution in [0.15, 0.2) is 42.5 Å². The van der Waals surface area contributed by atoms with Crippen molar-refractivity contribution >= 4 is 11.8 Å². The predicted molar refractivity (Wildman–Crippen MR) is 64.1 cm³/mol. The lowest BCUT2D eigenvalue weighted by molar-refractivity contribution is -0.141. The van der Waals surface area contributed by atoms with E-state index in [0.717, 1.165) is 0 Å². The Labute approximate surface area is 108 Å². The molecule has 2 amide bonds. The van der Waals surface area contributed by atoms with Crippen LogP contribution in [0.25, 0.3) is 0 Å². The Balaban J connectivity index is 1.96. The Morgan fingerprint density at radius 3 is 2.58 bits per heavy atom. The molecular weight excluding hydrogens is 252 g/mol. The monoisotopic (exact) mass is 264 g/mol. The molecule has 0 radical (unpaired) electrons. The molecule has 1 aromatic rings. The second-order valence-electron chi connectivity index (χ2n) is 3.86. The van der Waals surface area contributed by atoms with Crippen LogP contribution in [0.1, 0.15) is 10.4 Å². The Bertz CT molecular complexity index is 510. The van der Waals surface area contributed by atoms with E-state index in [9.17, 15) is 9.59 Å². The summed E-state index contributed by atoms with van der Waals surface area (Å²) >= 11 is 0. The summed E-state index contributed by atoms with van der Waals surface area (Å²) in [6, 6.07) is 7.53. The van der Waals surface area contributed by atoms with Crippen LogP contribution in [0.2, 0.25) is 0 Å². The summed E-state index contributed by atoms with van der Waals surface area (Å²) in [5, 5.41) is 21.9. The van der Waals surface area contributed by atoms with Gasteiger partial charge in [-0.1, -0.05) is 18.2 Å². The van der Waals surface area contributed by atoms with Crippen LogP contribution < -0.4 is 10.6 Å². The minimum Gasteiger partial charge on any atom is -0.479 e. The topological polar surface area (TPSA) is 108 Å². The van der Waals surface area contributed by atoms with E-state index in [0.29, 0.717) is 11.8 Å². The van der Waals surface area contributed by atoms with Gasteiger partial charge in [-0.3, -0.25) is 9.59 Å². The first-order chi connectivity index (χ1) is 9.08. The normalized spacial score (nSPS) is 20.7. The third-order valence-corrected chi connectivity index (χ3v) is 2.51. The average molecular weight is 264 g/mol. The lowest BCUT2D eigenvalue weighted by Gasteiger charge is -2.35. The number of aliphatic hydroxyl groups is 2. The van der Waals surface area contributed by atoms with Crippen molar-refractivity contribution in [1.29, 1.82) is 0 Å². The number of hydrogen-bond donors (Lipinski definition) is 4. The Morgan fingerprint density at radius 2 is 2.00 bits per heavy atom. The van der Waals surface area contributed by atoms with E-state index < -0.39 is 30.0 Å². The van der Waals surface area contributed by atoms with Crippen molar-refractivity contribution in [3.8, 4) is 0 Å². The van der Waals surface area contributed by atoms with Gasteiger partial charge in [-0.25, -0.2) is 0 Å². The molecule has 4 N–H and O–H groups in total. The van der Waals surface area contributed by atoms with Crippen molar-refractivity contribution in [2.75, 3.05) is 0 Å². The summed E-state index contributed by atoms with van der Waals surface area (Å²) in [7, 11) is 0. The molecule has 0 aliphatic carbocycles. The first-order valence-corrected chi connectivity index (χ1v) is 5.48. The fourth-order valence-corrected chi connectivity index (χ4v) is 1.56. The number of aliphatic hydroxyl groups excluding tert-OH is 1. The van der Waals surface area contributed by atoms with Crippen molar-refractivity contribution in [1.82, 2.24) is 10.6 Å². The van der Waals surface area contributed by atoms with Crippen molar-refractivity contribution in [3.05, 3.63) is 48.1 Å². The van der Waals surface area contributed by atoms with E-state index in [-0.39, 0.29) is 0 Å². The van der Waals surface area contributed by atoms with Crippen LogP contribution >= 0.6 is 0 Å². The third-order valence-electron chi connectivity index (χ3n) is 2.51. The van der Waals surface area contributed by atoms with Gasteiger partial charge in [0.1, 0.15) is 0 Å². The van der Waals surface area contributed by atoms with Gasteiger partial charge in [0.15, 0.2) is 12.3 Å². The number of carbonyl (C=O) groups excluding carboxylic acids is 2. The predicted octanol–water partition coefficient (Wildman–Crippen LogP) is 0.172. The molecule has 19 heavy (non-hydrogen) atoms. The summed E-state index contributed by atoms with van der Waals surface area (Å²) in [6.07, 6.45) is -0.152. The summed E-state index contributed by atoms with van der Waals surface area (Å²) in [5.74, 6) is -1.83. The van der Waals surface area contributed by atoms with E-state index in [2.05, 4.69) is 10.6 Å². The van der Waals surface area contributed by atoms with Crippen LogP contribution in [0.3, 0.4) is 0 Å². The van der Waals surface area contributed by atoms with E-state index in [1.807, 2.05) is 0 Å². The number of β-lactam (4-membered cyclic amide) rings is 1. The maximum absolute atomic E-state index is 11.8. The highest BCUT2D eigenvalue weighted by Crippen LogP contribution is 2.10. The lowest BCUT2D eigenvalue weighted by atomic mass is 10.1. The number of rotatable bonds is 4. The second kappa shape index (κ2) is 5.30. The van der Waals surface area contributed by atoms with Gasteiger partial charge in [0.2, 0.25) is 6.23 Å². The lowest BCUT2D eigenvalue weighted by Crippen LogP contribution is -2.69. The van der Waals surface area contributed by atoms with Crippen LogP contribution in [0, 0.1) is 0 Å². The van der Waals surface area contributed by atoms with Crippen molar-refractivity contribution in [2.45, 2.75) is 12.3 Å². The summed E-state index contributed by atoms with van der Waals surface area (Å²) in [6.45, 7) is 0. The molecular formula is C12H12N2O5. The molecule has 1 aliphatic rings. The molecule has 1 fully saturated rings. The number of carbonyl (C=O) groups is 2. The average Bonchev–Trinajstić information content (AvgIpc) is 2.41. The highest BCUT2D eigenvalue weighted by molar-refractivity contribution is 5.99. The van der Waals surface area contributed by atoms with E-state index >= 15 is 0 Å². The molecule has 1 heterocycles. The van der Waals surface area contributed by atoms with Crippen LogP contribution in [-0.4, -0.2) is 34.3 Å². The Morgan fingerprint density at radius 1 is 1.32 bits per heavy atom. The van der Waals surface area contributed by atoms with Gasteiger partial charge in [-0.15, -0.1) is 0 Å². The molecule has 2 rings (SSSR count). The molecule has 1 aliphatic heterocycles. The van der Waals surface area contributed by atoms with Crippen molar-refractivity contribution in [3.63, 3.8) is 0 Å². The quantitative estimate of drug-likeness (QED) is 0.458. The van der Waals surface area contributed by atoms with E-state index in [1.54, 1.807) is 30.3 Å². The molecule has 0 bridgehead atoms. The van der Waals surface area contributed by atoms with Gasteiger partial charge >= 0.3 is 5.95 Å². The summed E-state index contributed by atoms with van der Waals surface area (Å²) in [5.41, 5.74) is 0.418. The van der Waals surface area contributed by atoms with Crippen molar-refractivity contribution in [2.24, 2.45) is 0 Å². The maximum atomic E-state index is 11.8. The summed E-state index contributed by atoms with van der Waals surface area (Å²) in [4.78, 5) is 23.1. The third kappa shape index (κ3) is 2.95. The van der Waals surface area contributed by atoms with Crippen LogP contribution in [0.5, 0.6) is 0 Å². The zero-order chi connectivity index (χ0) is 13.8. The molecule has 2 atom stereocenters. The number of nitrogens with one attached hydrogen (secondary N) is 2. The van der Waals surface area contributed by atoms with Gasteiger partial charge in [-0.2, -0.15) is 0 Å². The van der Waals surface area contributed by atoms with Crippen molar-refractivity contribution < 1.29 is 24.5 Å². The molecule has 0 unspecified atom stereocenters. The SMILES string of the molecule is O=C(N[C@H]1C(=O)N[C@@H]1OC=C(O)O)c1ccccc1. The maximum Gasteiger partial charge on any atom is 0.310 e. The number of ether oxygens (including phenoxy) is 1. The molecule has 7 heteroatoms. The minimum atomic E-state index is -1.02. The van der Waals surface area contributed by atoms with Gasteiger partial charge in [0, 0.05) is 5.56 Å². The van der Waals surface area contributed by atoms with Crippen LogP contribution in [-0.2, 0) is 9.53 Å². The zero-order valence-corrected chi connectivity index (χ0v) is 9.74. The number of benzene rings is 1. The minimum absolute atomic E-state index is 0.403. The molecule has 0 saturated carbocycles. The highest BCUT2D eigenvalue weighted by atomic mass is 16.5. The number of amides is 2. The van der Waals surface area contributed by atoms with Gasteiger partial charge in [-0.05, 0) is 12.1 Å². The van der Waals surface area contributed by atoms with Gasteiger partial charge in [0.05, 0.1) is 0 Å². The van der Waals surface area contributed by atoms with Gasteiger partial charge in [0.25, 0.3) is 11.8 Å². The highest BCUT2D eigenvalue weighted by Gasteiger charge is 2.42. The zero-order valence-electron chi connectivity index (χ0n) is 9.74. The Hall–Kier alpha value is -2.70. The number of hydrogen-bond acceptors (Lipinski definition) is 5.